The fraction of sp³-hybridized carbons (Fsp3) is 0.500. The maximum atomic E-state index is 12.9. The highest BCUT2D eigenvalue weighted by molar-refractivity contribution is 5.27. The molecule has 25 heavy (non-hydrogen) atoms. The van der Waals surface area contributed by atoms with E-state index in [1.54, 1.807) is 13.2 Å². The van der Waals surface area contributed by atoms with E-state index in [0.717, 1.165) is 32.1 Å². The van der Waals surface area contributed by atoms with E-state index in [-0.39, 0.29) is 5.60 Å². The molecule has 1 aromatic carbocycles. The van der Waals surface area contributed by atoms with Crippen LogP contribution in [0.15, 0.2) is 48.3 Å². The maximum Gasteiger partial charge on any atom is 0.199 e. The zero-order valence-corrected chi connectivity index (χ0v) is 15.3. The monoisotopic (exact) mass is 341 g/mol. The summed E-state index contributed by atoms with van der Waals surface area (Å²) in [5, 5.41) is 8.46. The number of ether oxygens (including phenoxy) is 1. The number of benzene rings is 1. The molecule has 0 radical (unpaired) electrons. The van der Waals surface area contributed by atoms with Gasteiger partial charge in [-0.3, -0.25) is 0 Å². The first-order valence-electron chi connectivity index (χ1n) is 9.21. The molecule has 1 aromatic rings. The Balaban J connectivity index is 1.96. The van der Waals surface area contributed by atoms with Crippen molar-refractivity contribution in [1.82, 2.24) is 0 Å². The highest BCUT2D eigenvalue weighted by Crippen LogP contribution is 2.40. The quantitative estimate of drug-likeness (QED) is 0.450. The minimum absolute atomic E-state index is 0.343. The maximum absolute atomic E-state index is 12.9. The van der Waals surface area contributed by atoms with E-state index in [2.05, 4.69) is 31.2 Å². The Kier molecular flexibility index (Phi) is 7.40. The molecular formula is C22H28FNO. The van der Waals surface area contributed by atoms with E-state index in [9.17, 15) is 4.39 Å². The van der Waals surface area contributed by atoms with E-state index in [1.807, 2.05) is 6.08 Å². The summed E-state index contributed by atoms with van der Waals surface area (Å²) in [6.45, 7) is 2.22. The molecule has 0 bridgehead atoms. The fourth-order valence-corrected chi connectivity index (χ4v) is 3.56. The van der Waals surface area contributed by atoms with Crippen LogP contribution in [0.4, 0.5) is 4.39 Å². The Labute approximate surface area is 151 Å². The van der Waals surface area contributed by atoms with Crippen LogP contribution in [0.25, 0.3) is 0 Å². The zero-order valence-electron chi connectivity index (χ0n) is 15.3. The summed E-state index contributed by atoms with van der Waals surface area (Å²) in [6, 6.07) is 10.6. The molecule has 3 heteroatoms. The number of allylic oxidation sites excluding steroid dienone is 3. The standard InChI is InChI=1S/C22H28FNO/c1-3-4-6-18-8-10-19(11-9-18)20-12-15-22(25-2,16-13-20)14-5-7-21(23)17-24/h5,7-11,14,20H,3-4,6,12-13,15-16H2,1-2H3. The van der Waals surface area contributed by atoms with Crippen LogP contribution in [-0.4, -0.2) is 12.7 Å². The highest BCUT2D eigenvalue weighted by atomic mass is 19.1. The molecule has 0 unspecified atom stereocenters. The highest BCUT2D eigenvalue weighted by Gasteiger charge is 2.33. The minimum Gasteiger partial charge on any atom is -0.374 e. The number of nitriles is 1. The summed E-state index contributed by atoms with van der Waals surface area (Å²) in [7, 11) is 1.71. The van der Waals surface area contributed by atoms with Gasteiger partial charge in [0.1, 0.15) is 6.07 Å². The molecule has 134 valence electrons. The van der Waals surface area contributed by atoms with Crippen LogP contribution in [0.2, 0.25) is 0 Å². The van der Waals surface area contributed by atoms with Gasteiger partial charge in [0, 0.05) is 7.11 Å². The van der Waals surface area contributed by atoms with Crippen molar-refractivity contribution < 1.29 is 9.13 Å². The van der Waals surface area contributed by atoms with Gasteiger partial charge in [0.25, 0.3) is 0 Å². The van der Waals surface area contributed by atoms with Gasteiger partial charge in [0.15, 0.2) is 5.83 Å². The number of hydrogen-bond donors (Lipinski definition) is 0. The second-order valence-corrected chi connectivity index (χ2v) is 6.87. The van der Waals surface area contributed by atoms with Crippen molar-refractivity contribution in [1.29, 1.82) is 5.26 Å². The lowest BCUT2D eigenvalue weighted by molar-refractivity contribution is -0.00220. The molecule has 1 aliphatic carbocycles. The van der Waals surface area contributed by atoms with Gasteiger partial charge >= 0.3 is 0 Å². The number of hydrogen-bond acceptors (Lipinski definition) is 2. The molecule has 1 aliphatic rings. The number of aryl methyl sites for hydroxylation is 1. The van der Waals surface area contributed by atoms with Crippen molar-refractivity contribution in [3.05, 3.63) is 59.4 Å². The van der Waals surface area contributed by atoms with Crippen LogP contribution in [0.3, 0.4) is 0 Å². The van der Waals surface area contributed by atoms with Crippen molar-refractivity contribution in [2.75, 3.05) is 7.11 Å². The Morgan fingerprint density at radius 2 is 2.00 bits per heavy atom. The van der Waals surface area contributed by atoms with Crippen LogP contribution in [0, 0.1) is 11.3 Å². The lowest BCUT2D eigenvalue weighted by atomic mass is 9.75. The second kappa shape index (κ2) is 9.53. The molecule has 0 N–H and O–H groups in total. The molecule has 0 spiro atoms. The molecule has 0 heterocycles. The van der Waals surface area contributed by atoms with E-state index in [4.69, 9.17) is 10.00 Å². The summed E-state index contributed by atoms with van der Waals surface area (Å²) in [6.07, 6.45) is 12.2. The molecule has 1 saturated carbocycles. The number of nitrogens with zero attached hydrogens (tertiary/aromatic N) is 1. The van der Waals surface area contributed by atoms with E-state index < -0.39 is 5.83 Å². The van der Waals surface area contributed by atoms with Gasteiger partial charge in [0.2, 0.25) is 0 Å². The van der Waals surface area contributed by atoms with Crippen LogP contribution in [-0.2, 0) is 11.2 Å². The van der Waals surface area contributed by atoms with Gasteiger partial charge < -0.3 is 4.74 Å². The number of halogens is 1. The van der Waals surface area contributed by atoms with Gasteiger partial charge in [-0.05, 0) is 61.6 Å². The molecule has 0 saturated heterocycles. The molecular weight excluding hydrogens is 313 g/mol. The summed E-state index contributed by atoms with van der Waals surface area (Å²) in [5.41, 5.74) is 2.48. The second-order valence-electron chi connectivity index (χ2n) is 6.87. The van der Waals surface area contributed by atoms with Crippen molar-refractivity contribution in [3.63, 3.8) is 0 Å². The number of methoxy groups -OCH3 is 1. The lowest BCUT2D eigenvalue weighted by Gasteiger charge is -2.37. The minimum atomic E-state index is -0.778. The summed E-state index contributed by atoms with van der Waals surface area (Å²) >= 11 is 0. The first kappa shape index (κ1) is 19.4. The van der Waals surface area contributed by atoms with E-state index in [0.29, 0.717) is 5.92 Å². The Hall–Kier alpha value is -1.92. The van der Waals surface area contributed by atoms with Crippen LogP contribution >= 0.6 is 0 Å². The third-order valence-corrected chi connectivity index (χ3v) is 5.26. The van der Waals surface area contributed by atoms with Crippen molar-refractivity contribution >= 4 is 0 Å². The van der Waals surface area contributed by atoms with Gasteiger partial charge in [-0.15, -0.1) is 0 Å². The van der Waals surface area contributed by atoms with E-state index in [1.165, 1.54) is 36.1 Å². The average molecular weight is 341 g/mol. The van der Waals surface area contributed by atoms with Gasteiger partial charge in [-0.1, -0.05) is 49.8 Å². The third-order valence-electron chi connectivity index (χ3n) is 5.26. The topological polar surface area (TPSA) is 33.0 Å². The number of unbranched alkanes of at least 4 members (excludes halogenated alkanes) is 1. The number of rotatable bonds is 7. The molecule has 1 fully saturated rings. The predicted molar refractivity (Wildman–Crippen MR) is 99.9 cm³/mol. The SMILES string of the molecule is CCCCc1ccc(C2CCC(C=CC=C(F)C#N)(OC)CC2)cc1. The largest absolute Gasteiger partial charge is 0.374 e. The lowest BCUT2D eigenvalue weighted by Crippen LogP contribution is -2.33. The van der Waals surface area contributed by atoms with Crippen molar-refractivity contribution in [2.24, 2.45) is 0 Å². The molecule has 2 nitrogen and oxygen atoms in total. The smallest absolute Gasteiger partial charge is 0.199 e. The fourth-order valence-electron chi connectivity index (χ4n) is 3.56. The summed E-state index contributed by atoms with van der Waals surface area (Å²) in [4.78, 5) is 0. The third kappa shape index (κ3) is 5.54. The Bertz CT molecular complexity index is 631. The average Bonchev–Trinajstić information content (AvgIpc) is 2.67. The van der Waals surface area contributed by atoms with Crippen molar-refractivity contribution in [2.45, 2.75) is 63.4 Å². The Morgan fingerprint density at radius 3 is 2.56 bits per heavy atom. The summed E-state index contributed by atoms with van der Waals surface area (Å²) in [5.74, 6) is -0.220. The van der Waals surface area contributed by atoms with Gasteiger partial charge in [0.05, 0.1) is 5.60 Å². The molecule has 0 amide bonds. The van der Waals surface area contributed by atoms with Gasteiger partial charge in [-0.2, -0.15) is 9.65 Å². The first-order valence-corrected chi connectivity index (χ1v) is 9.21. The molecule has 0 aromatic heterocycles. The normalized spacial score (nSPS) is 24.4. The van der Waals surface area contributed by atoms with Crippen LogP contribution in [0.5, 0.6) is 0 Å². The zero-order chi connectivity index (χ0) is 18.1. The molecule has 0 atom stereocenters. The molecule has 0 aliphatic heterocycles. The van der Waals surface area contributed by atoms with Crippen molar-refractivity contribution in [3.8, 4) is 6.07 Å². The van der Waals surface area contributed by atoms with Crippen LogP contribution in [0.1, 0.15) is 62.5 Å². The molecule has 2 rings (SSSR count). The Morgan fingerprint density at radius 1 is 1.32 bits per heavy atom. The van der Waals surface area contributed by atoms with Crippen LogP contribution < -0.4 is 0 Å². The van der Waals surface area contributed by atoms with Gasteiger partial charge in [-0.25, -0.2) is 0 Å². The first-order chi connectivity index (χ1) is 12.1. The summed E-state index contributed by atoms with van der Waals surface area (Å²) < 4.78 is 18.6. The predicted octanol–water partition coefficient (Wildman–Crippen LogP) is 6.01. The van der Waals surface area contributed by atoms with E-state index >= 15 is 0 Å².